The zero-order valence-electron chi connectivity index (χ0n) is 11.7. The highest BCUT2D eigenvalue weighted by molar-refractivity contribution is 7.89. The van der Waals surface area contributed by atoms with E-state index in [1.165, 1.54) is 12.3 Å². The van der Waals surface area contributed by atoms with E-state index in [0.717, 1.165) is 0 Å². The molecule has 0 unspecified atom stereocenters. The van der Waals surface area contributed by atoms with Crippen LogP contribution in [-0.2, 0) is 10.0 Å². The van der Waals surface area contributed by atoms with Gasteiger partial charge in [0.15, 0.2) is 0 Å². The zero-order valence-corrected chi connectivity index (χ0v) is 13.3. The van der Waals surface area contributed by atoms with Crippen molar-refractivity contribution in [3.05, 3.63) is 23.5 Å². The van der Waals surface area contributed by atoms with Crippen LogP contribution in [0.25, 0.3) is 0 Å². The topological polar surface area (TPSA) is 59.1 Å². The Bertz CT molecular complexity index is 507. The molecule has 1 aromatic rings. The van der Waals surface area contributed by atoms with Crippen LogP contribution < -0.4 is 4.72 Å². The highest BCUT2D eigenvalue weighted by Crippen LogP contribution is 2.22. The molecule has 4 nitrogen and oxygen atoms in total. The Morgan fingerprint density at radius 2 is 1.84 bits per heavy atom. The predicted octanol–water partition coefficient (Wildman–Crippen LogP) is 2.94. The second-order valence-corrected chi connectivity index (χ2v) is 7.39. The molecule has 0 spiro atoms. The molecule has 0 atom stereocenters. The Kier molecular flexibility index (Phi) is 5.77. The van der Waals surface area contributed by atoms with Crippen LogP contribution in [0.1, 0.15) is 27.7 Å². The van der Waals surface area contributed by atoms with Gasteiger partial charge in [-0.3, -0.25) is 0 Å². The molecule has 0 aromatic carbocycles. The van der Waals surface area contributed by atoms with Crippen molar-refractivity contribution in [2.24, 2.45) is 17.8 Å². The van der Waals surface area contributed by atoms with Crippen LogP contribution >= 0.6 is 11.6 Å². The van der Waals surface area contributed by atoms with Crippen LogP contribution in [0.4, 0.5) is 0 Å². The van der Waals surface area contributed by atoms with Crippen LogP contribution in [0.5, 0.6) is 0 Å². The summed E-state index contributed by atoms with van der Waals surface area (Å²) in [5.74, 6) is 1.10. The molecular weight excluding hydrogens is 284 g/mol. The van der Waals surface area contributed by atoms with Crippen LogP contribution in [0, 0.1) is 17.8 Å². The van der Waals surface area contributed by atoms with Crippen molar-refractivity contribution < 1.29 is 8.42 Å². The first-order valence-electron chi connectivity index (χ1n) is 6.36. The number of hydrogen-bond acceptors (Lipinski definition) is 3. The fourth-order valence-corrected chi connectivity index (χ4v) is 3.62. The Balaban J connectivity index is 2.84. The largest absolute Gasteiger partial charge is 0.243 e. The van der Waals surface area contributed by atoms with Crippen molar-refractivity contribution in [3.8, 4) is 0 Å². The molecule has 108 valence electrons. The number of pyridine rings is 1. The lowest BCUT2D eigenvalue weighted by atomic mass is 9.86. The summed E-state index contributed by atoms with van der Waals surface area (Å²) in [6.07, 6.45) is 1.46. The van der Waals surface area contributed by atoms with Crippen molar-refractivity contribution in [3.63, 3.8) is 0 Å². The van der Waals surface area contributed by atoms with E-state index in [-0.39, 0.29) is 16.0 Å². The average molecular weight is 305 g/mol. The summed E-state index contributed by atoms with van der Waals surface area (Å²) in [5.41, 5.74) is 0. The SMILES string of the molecule is CC(C)C(CNS(=O)(=O)c1cccnc1Cl)C(C)C. The molecular formula is C13H21ClN2O2S. The molecule has 19 heavy (non-hydrogen) atoms. The van der Waals surface area contributed by atoms with Crippen molar-refractivity contribution >= 4 is 21.6 Å². The highest BCUT2D eigenvalue weighted by atomic mass is 35.5. The van der Waals surface area contributed by atoms with E-state index in [1.54, 1.807) is 6.07 Å². The molecule has 0 aliphatic rings. The summed E-state index contributed by atoms with van der Waals surface area (Å²) in [5, 5.41) is 0.000596. The van der Waals surface area contributed by atoms with Crippen LogP contribution in [0.3, 0.4) is 0 Å². The van der Waals surface area contributed by atoms with Gasteiger partial charge in [-0.15, -0.1) is 0 Å². The van der Waals surface area contributed by atoms with Gasteiger partial charge in [0.1, 0.15) is 10.0 Å². The summed E-state index contributed by atoms with van der Waals surface area (Å²) in [4.78, 5) is 3.82. The Morgan fingerprint density at radius 3 is 2.32 bits per heavy atom. The van der Waals surface area contributed by atoms with Crippen molar-refractivity contribution in [2.45, 2.75) is 32.6 Å². The van der Waals surface area contributed by atoms with Gasteiger partial charge < -0.3 is 0 Å². The highest BCUT2D eigenvalue weighted by Gasteiger charge is 2.23. The maximum atomic E-state index is 12.2. The number of aromatic nitrogens is 1. The van der Waals surface area contributed by atoms with Gasteiger partial charge in [-0.1, -0.05) is 39.3 Å². The van der Waals surface area contributed by atoms with Gasteiger partial charge in [0.25, 0.3) is 0 Å². The molecule has 0 radical (unpaired) electrons. The third-order valence-corrected chi connectivity index (χ3v) is 5.10. The molecule has 0 aliphatic heterocycles. The van der Waals surface area contributed by atoms with E-state index in [0.29, 0.717) is 18.4 Å². The lowest BCUT2D eigenvalue weighted by molar-refractivity contribution is 0.289. The fourth-order valence-electron chi connectivity index (χ4n) is 2.10. The number of rotatable bonds is 6. The molecule has 0 saturated heterocycles. The summed E-state index contributed by atoms with van der Waals surface area (Å²) >= 11 is 5.82. The Morgan fingerprint density at radius 1 is 1.26 bits per heavy atom. The Hall–Kier alpha value is -0.650. The summed E-state index contributed by atoms with van der Waals surface area (Å²) in [7, 11) is -3.60. The van der Waals surface area contributed by atoms with Gasteiger partial charge in [-0.25, -0.2) is 18.1 Å². The van der Waals surface area contributed by atoms with E-state index in [2.05, 4.69) is 37.4 Å². The monoisotopic (exact) mass is 304 g/mol. The third-order valence-electron chi connectivity index (χ3n) is 3.24. The molecule has 0 saturated carbocycles. The van der Waals surface area contributed by atoms with Gasteiger partial charge in [-0.05, 0) is 29.9 Å². The second kappa shape index (κ2) is 6.68. The minimum Gasteiger partial charge on any atom is -0.243 e. The molecule has 1 N–H and O–H groups in total. The minimum absolute atomic E-state index is 0.000596. The van der Waals surface area contributed by atoms with Gasteiger partial charge >= 0.3 is 0 Å². The van der Waals surface area contributed by atoms with Gasteiger partial charge in [0.2, 0.25) is 10.0 Å². The number of halogens is 1. The minimum atomic E-state index is -3.60. The summed E-state index contributed by atoms with van der Waals surface area (Å²) in [6.45, 7) is 8.78. The van der Waals surface area contributed by atoms with E-state index >= 15 is 0 Å². The Labute approximate surface area is 120 Å². The molecule has 1 heterocycles. The van der Waals surface area contributed by atoms with Crippen molar-refractivity contribution in [1.29, 1.82) is 0 Å². The number of sulfonamides is 1. The van der Waals surface area contributed by atoms with E-state index in [1.807, 2.05) is 0 Å². The van der Waals surface area contributed by atoms with E-state index < -0.39 is 10.0 Å². The maximum Gasteiger partial charge on any atom is 0.243 e. The smallest absolute Gasteiger partial charge is 0.243 e. The zero-order chi connectivity index (χ0) is 14.6. The van der Waals surface area contributed by atoms with Crippen molar-refractivity contribution in [2.75, 3.05) is 6.54 Å². The normalized spacial score (nSPS) is 12.6. The van der Waals surface area contributed by atoms with Crippen LogP contribution in [0.2, 0.25) is 5.15 Å². The summed E-state index contributed by atoms with van der Waals surface area (Å²) < 4.78 is 27.0. The molecule has 1 rings (SSSR count). The number of nitrogens with zero attached hydrogens (tertiary/aromatic N) is 1. The third kappa shape index (κ3) is 4.44. The lowest BCUT2D eigenvalue weighted by Gasteiger charge is -2.25. The first-order valence-corrected chi connectivity index (χ1v) is 8.22. The lowest BCUT2D eigenvalue weighted by Crippen LogP contribution is -2.34. The van der Waals surface area contributed by atoms with Gasteiger partial charge in [-0.2, -0.15) is 0 Å². The van der Waals surface area contributed by atoms with Crippen molar-refractivity contribution in [1.82, 2.24) is 9.71 Å². The molecule has 6 heteroatoms. The molecule has 0 fully saturated rings. The molecule has 0 bridgehead atoms. The second-order valence-electron chi connectivity index (χ2n) is 5.30. The van der Waals surface area contributed by atoms with Gasteiger partial charge in [0, 0.05) is 12.7 Å². The van der Waals surface area contributed by atoms with E-state index in [9.17, 15) is 8.42 Å². The first kappa shape index (κ1) is 16.4. The number of hydrogen-bond donors (Lipinski definition) is 1. The number of nitrogens with one attached hydrogen (secondary N) is 1. The predicted molar refractivity (Wildman–Crippen MR) is 77.6 cm³/mol. The van der Waals surface area contributed by atoms with E-state index in [4.69, 9.17) is 11.6 Å². The first-order chi connectivity index (χ1) is 8.75. The van der Waals surface area contributed by atoms with Gasteiger partial charge in [0.05, 0.1) is 0 Å². The standard InChI is InChI=1S/C13H21ClN2O2S/c1-9(2)11(10(3)4)8-16-19(17,18)12-6-5-7-15-13(12)14/h5-7,9-11,16H,8H2,1-4H3. The summed E-state index contributed by atoms with van der Waals surface area (Å²) in [6, 6.07) is 3.01. The van der Waals surface area contributed by atoms with Crippen LogP contribution in [0.15, 0.2) is 23.2 Å². The quantitative estimate of drug-likeness (QED) is 0.822. The average Bonchev–Trinajstić information content (AvgIpc) is 2.28. The maximum absolute atomic E-state index is 12.2. The molecule has 0 aliphatic carbocycles. The fraction of sp³-hybridized carbons (Fsp3) is 0.615. The van der Waals surface area contributed by atoms with Crippen LogP contribution in [-0.4, -0.2) is 19.9 Å². The molecule has 0 amide bonds. The molecule has 1 aromatic heterocycles.